The lowest BCUT2D eigenvalue weighted by Crippen LogP contribution is -2.35. The van der Waals surface area contributed by atoms with Crippen molar-refractivity contribution in [2.45, 2.75) is 6.73 Å². The molecule has 9 heteroatoms. The number of benzene rings is 2. The number of Topliss-reactive ketones (excluding diaryl/α,β-unsaturated/α-hetero) is 1. The summed E-state index contributed by atoms with van der Waals surface area (Å²) in [5.74, 6) is -2.04. The third kappa shape index (κ3) is 2.76. The van der Waals surface area contributed by atoms with Gasteiger partial charge >= 0.3 is 5.97 Å². The van der Waals surface area contributed by atoms with Gasteiger partial charge in [-0.25, -0.2) is 4.68 Å². The topological polar surface area (TPSA) is 94.4 Å². The van der Waals surface area contributed by atoms with Gasteiger partial charge in [-0.2, -0.15) is 0 Å². The monoisotopic (exact) mass is 414 g/mol. The molecule has 8 nitrogen and oxygen atoms in total. The van der Waals surface area contributed by atoms with Crippen molar-refractivity contribution in [2.24, 2.45) is 0 Å². The Bertz CT molecular complexity index is 1060. The molecule has 0 bridgehead atoms. The van der Waals surface area contributed by atoms with Crippen LogP contribution >= 0.6 is 15.9 Å². The fourth-order valence-corrected chi connectivity index (χ4v) is 3.11. The normalized spacial score (nSPS) is 13.3. The smallest absolute Gasteiger partial charge is 0.327 e. The Morgan fingerprint density at radius 2 is 1.96 bits per heavy atom. The van der Waals surface area contributed by atoms with Crippen molar-refractivity contribution >= 4 is 50.3 Å². The van der Waals surface area contributed by atoms with E-state index in [4.69, 9.17) is 4.74 Å². The quantitative estimate of drug-likeness (QED) is 0.478. The molecule has 1 aliphatic rings. The Hall–Kier alpha value is -3.07. The van der Waals surface area contributed by atoms with Gasteiger partial charge in [0.15, 0.2) is 6.73 Å². The van der Waals surface area contributed by atoms with Gasteiger partial charge in [0, 0.05) is 4.47 Å². The number of carbonyl (C=O) groups is 3. The van der Waals surface area contributed by atoms with E-state index in [1.807, 2.05) is 12.1 Å². The number of para-hydroxylation sites is 1. The molecule has 3 aromatic rings. The third-order valence-corrected chi connectivity index (χ3v) is 4.48. The molecular formula is C17H11BrN4O4. The van der Waals surface area contributed by atoms with Gasteiger partial charge in [-0.3, -0.25) is 19.3 Å². The first kappa shape index (κ1) is 16.4. The van der Waals surface area contributed by atoms with Gasteiger partial charge in [-0.05, 0) is 30.3 Å². The van der Waals surface area contributed by atoms with E-state index >= 15 is 0 Å². The molecular weight excluding hydrogens is 404 g/mol. The van der Waals surface area contributed by atoms with Crippen LogP contribution in [0.2, 0.25) is 0 Å². The van der Waals surface area contributed by atoms with Crippen molar-refractivity contribution in [3.05, 3.63) is 52.5 Å². The molecule has 0 saturated carbocycles. The summed E-state index contributed by atoms with van der Waals surface area (Å²) in [6.07, 6.45) is 0. The van der Waals surface area contributed by atoms with E-state index in [1.54, 1.807) is 30.3 Å². The van der Waals surface area contributed by atoms with Crippen molar-refractivity contribution in [3.63, 3.8) is 0 Å². The molecule has 0 radical (unpaired) electrons. The molecule has 0 atom stereocenters. The first-order chi connectivity index (χ1) is 12.5. The van der Waals surface area contributed by atoms with E-state index in [0.29, 0.717) is 15.7 Å². The lowest BCUT2D eigenvalue weighted by Gasteiger charge is -2.15. The number of rotatable bonds is 4. The van der Waals surface area contributed by atoms with E-state index in [0.717, 1.165) is 10.4 Å². The van der Waals surface area contributed by atoms with E-state index in [9.17, 15) is 14.4 Å². The molecule has 0 fully saturated rings. The van der Waals surface area contributed by atoms with Crippen LogP contribution in [0.25, 0.3) is 11.0 Å². The van der Waals surface area contributed by atoms with E-state index in [2.05, 4.69) is 26.2 Å². The standard InChI is InChI=1S/C17H11BrN4O4/c18-10-5-6-13-11(7-10)16(24)17(25)21(13)8-15(23)26-9-22-14-4-2-1-3-12(14)19-20-22/h1-7H,8-9H2. The zero-order valence-electron chi connectivity index (χ0n) is 13.3. The van der Waals surface area contributed by atoms with Crippen LogP contribution in [0.15, 0.2) is 46.9 Å². The van der Waals surface area contributed by atoms with Crippen LogP contribution in [0, 0.1) is 0 Å². The number of ether oxygens (including phenoxy) is 1. The third-order valence-electron chi connectivity index (χ3n) is 3.99. The van der Waals surface area contributed by atoms with Crippen LogP contribution in [0.5, 0.6) is 0 Å². The number of carbonyl (C=O) groups excluding carboxylic acids is 3. The molecule has 26 heavy (non-hydrogen) atoms. The van der Waals surface area contributed by atoms with Crippen LogP contribution in [0.3, 0.4) is 0 Å². The lowest BCUT2D eigenvalue weighted by molar-refractivity contribution is -0.146. The lowest BCUT2D eigenvalue weighted by atomic mass is 10.1. The maximum Gasteiger partial charge on any atom is 0.327 e. The SMILES string of the molecule is O=C(CN1C(=O)C(=O)c2cc(Br)ccc21)OCn1nnc2ccccc21. The fourth-order valence-electron chi connectivity index (χ4n) is 2.75. The van der Waals surface area contributed by atoms with Gasteiger partial charge in [0.1, 0.15) is 12.1 Å². The number of hydrogen-bond acceptors (Lipinski definition) is 6. The van der Waals surface area contributed by atoms with Gasteiger partial charge < -0.3 is 4.74 Å². The predicted octanol–water partition coefficient (Wildman–Crippen LogP) is 1.92. The maximum atomic E-state index is 12.2. The van der Waals surface area contributed by atoms with E-state index in [-0.39, 0.29) is 18.8 Å². The first-order valence-electron chi connectivity index (χ1n) is 7.64. The number of nitrogens with zero attached hydrogens (tertiary/aromatic N) is 4. The number of aromatic nitrogens is 3. The average molecular weight is 415 g/mol. The van der Waals surface area contributed by atoms with Crippen molar-refractivity contribution in [3.8, 4) is 0 Å². The molecule has 1 aliphatic heterocycles. The van der Waals surface area contributed by atoms with Crippen molar-refractivity contribution < 1.29 is 19.1 Å². The summed E-state index contributed by atoms with van der Waals surface area (Å²) in [6.45, 7) is -0.492. The summed E-state index contributed by atoms with van der Waals surface area (Å²) in [5, 5.41) is 7.89. The second-order valence-electron chi connectivity index (χ2n) is 5.61. The first-order valence-corrected chi connectivity index (χ1v) is 8.43. The molecule has 0 N–H and O–H groups in total. The highest BCUT2D eigenvalue weighted by Gasteiger charge is 2.37. The molecule has 0 saturated heterocycles. The minimum Gasteiger partial charge on any atom is -0.441 e. The number of fused-ring (bicyclic) bond motifs is 2. The average Bonchev–Trinajstić information content (AvgIpc) is 3.15. The van der Waals surface area contributed by atoms with Crippen molar-refractivity contribution in [1.29, 1.82) is 0 Å². The van der Waals surface area contributed by atoms with Crippen molar-refractivity contribution in [2.75, 3.05) is 11.4 Å². The Kier molecular flexibility index (Phi) is 4.00. The van der Waals surface area contributed by atoms with E-state index < -0.39 is 17.7 Å². The fraction of sp³-hybridized carbons (Fsp3) is 0.118. The molecule has 0 aliphatic carbocycles. The summed E-state index contributed by atoms with van der Waals surface area (Å²) < 4.78 is 7.31. The zero-order valence-corrected chi connectivity index (χ0v) is 14.8. The van der Waals surface area contributed by atoms with Crippen LogP contribution in [-0.4, -0.2) is 39.2 Å². The molecule has 4 rings (SSSR count). The van der Waals surface area contributed by atoms with Crippen LogP contribution in [-0.2, 0) is 21.1 Å². The maximum absolute atomic E-state index is 12.2. The Balaban J connectivity index is 1.47. The van der Waals surface area contributed by atoms with Gasteiger partial charge in [-0.1, -0.05) is 33.3 Å². The number of halogens is 1. The molecule has 130 valence electrons. The zero-order chi connectivity index (χ0) is 18.3. The highest BCUT2D eigenvalue weighted by molar-refractivity contribution is 9.10. The molecule has 0 spiro atoms. The minimum absolute atomic E-state index is 0.136. The largest absolute Gasteiger partial charge is 0.441 e. The molecule has 2 aromatic carbocycles. The number of esters is 1. The van der Waals surface area contributed by atoms with Crippen LogP contribution in [0.4, 0.5) is 5.69 Å². The number of anilines is 1. The Morgan fingerprint density at radius 3 is 2.81 bits per heavy atom. The highest BCUT2D eigenvalue weighted by atomic mass is 79.9. The summed E-state index contributed by atoms with van der Waals surface area (Å²) >= 11 is 3.26. The molecule has 0 unspecified atom stereocenters. The molecule has 1 amide bonds. The van der Waals surface area contributed by atoms with Gasteiger partial charge in [0.05, 0.1) is 16.8 Å². The van der Waals surface area contributed by atoms with Crippen molar-refractivity contribution in [1.82, 2.24) is 15.0 Å². The molecule has 1 aromatic heterocycles. The highest BCUT2D eigenvalue weighted by Crippen LogP contribution is 2.31. The summed E-state index contributed by atoms with van der Waals surface area (Å²) in [4.78, 5) is 37.5. The summed E-state index contributed by atoms with van der Waals surface area (Å²) in [6, 6.07) is 12.1. The second kappa shape index (κ2) is 6.34. The van der Waals surface area contributed by atoms with E-state index in [1.165, 1.54) is 4.68 Å². The predicted molar refractivity (Wildman–Crippen MR) is 94.4 cm³/mol. The van der Waals surface area contributed by atoms with Gasteiger partial charge in [-0.15, -0.1) is 5.10 Å². The molecule has 2 heterocycles. The second-order valence-corrected chi connectivity index (χ2v) is 6.52. The number of amides is 1. The minimum atomic E-state index is -0.749. The Labute approximate surface area is 155 Å². The Morgan fingerprint density at radius 1 is 1.15 bits per heavy atom. The van der Waals surface area contributed by atoms with Gasteiger partial charge in [0.2, 0.25) is 0 Å². The van der Waals surface area contributed by atoms with Gasteiger partial charge in [0.25, 0.3) is 11.7 Å². The summed E-state index contributed by atoms with van der Waals surface area (Å²) in [7, 11) is 0. The number of hydrogen-bond donors (Lipinski definition) is 0. The summed E-state index contributed by atoms with van der Waals surface area (Å²) in [5.41, 5.74) is 2.07. The van der Waals surface area contributed by atoms with Crippen LogP contribution in [0.1, 0.15) is 10.4 Å². The van der Waals surface area contributed by atoms with Crippen LogP contribution < -0.4 is 4.90 Å². The number of ketones is 1.